The lowest BCUT2D eigenvalue weighted by Gasteiger charge is -2.19. The van der Waals surface area contributed by atoms with Gasteiger partial charge in [0, 0.05) is 31.4 Å². The van der Waals surface area contributed by atoms with Crippen molar-refractivity contribution in [3.63, 3.8) is 0 Å². The predicted molar refractivity (Wildman–Crippen MR) is 127 cm³/mol. The van der Waals surface area contributed by atoms with Crippen LogP contribution >= 0.6 is 11.8 Å². The number of hydrogen-bond acceptors (Lipinski definition) is 8. The van der Waals surface area contributed by atoms with Gasteiger partial charge in [0.1, 0.15) is 17.6 Å². The maximum atomic E-state index is 13.3. The summed E-state index contributed by atoms with van der Waals surface area (Å²) >= 11 is 1.32. The third kappa shape index (κ3) is 4.32. The number of methoxy groups -OCH3 is 1. The topological polar surface area (TPSA) is 98.6 Å². The van der Waals surface area contributed by atoms with E-state index in [1.165, 1.54) is 16.8 Å². The van der Waals surface area contributed by atoms with Crippen LogP contribution in [0.5, 0.6) is 5.75 Å². The second-order valence-corrected chi connectivity index (χ2v) is 8.59. The highest BCUT2D eigenvalue weighted by Crippen LogP contribution is 2.34. The van der Waals surface area contributed by atoms with Crippen molar-refractivity contribution in [2.75, 3.05) is 12.9 Å². The van der Waals surface area contributed by atoms with Gasteiger partial charge in [0.05, 0.1) is 24.8 Å². The Bertz CT molecular complexity index is 1300. The van der Waals surface area contributed by atoms with Gasteiger partial charge in [0.2, 0.25) is 0 Å². The van der Waals surface area contributed by atoms with Crippen molar-refractivity contribution in [1.82, 2.24) is 24.8 Å². The van der Waals surface area contributed by atoms with E-state index in [0.717, 1.165) is 22.6 Å². The van der Waals surface area contributed by atoms with E-state index in [1.54, 1.807) is 25.8 Å². The molecule has 0 saturated heterocycles. The van der Waals surface area contributed by atoms with Gasteiger partial charge in [-0.05, 0) is 54.1 Å². The number of carbonyl (C=O) groups excluding carboxylic acids is 1. The molecule has 4 aromatic rings. The van der Waals surface area contributed by atoms with Crippen molar-refractivity contribution in [2.24, 2.45) is 12.1 Å². The lowest BCUT2D eigenvalue weighted by Crippen LogP contribution is -2.28. The van der Waals surface area contributed by atoms with E-state index >= 15 is 0 Å². The molecule has 0 aliphatic carbocycles. The molecule has 0 N–H and O–H groups in total. The van der Waals surface area contributed by atoms with Crippen LogP contribution in [0.4, 0.5) is 0 Å². The molecule has 0 radical (unpaired) electrons. The minimum absolute atomic E-state index is 0.138. The quantitative estimate of drug-likeness (QED) is 0.374. The normalized spacial score (nSPS) is 15.4. The Hall–Kier alpha value is -3.92. The third-order valence-electron chi connectivity index (χ3n) is 5.54. The molecule has 10 heteroatoms. The molecule has 0 bridgehead atoms. The zero-order valence-electron chi connectivity index (χ0n) is 18.7. The predicted octanol–water partition coefficient (Wildman–Crippen LogP) is 3.95. The first-order valence-corrected chi connectivity index (χ1v) is 11.6. The maximum Gasteiger partial charge on any atom is 0.253 e. The first-order valence-electron chi connectivity index (χ1n) is 10.6. The number of furan rings is 1. The fraction of sp³-hybridized carbons (Fsp3) is 0.208. The second-order valence-electron chi connectivity index (χ2n) is 7.64. The largest absolute Gasteiger partial charge is 0.497 e. The highest BCUT2D eigenvalue weighted by Gasteiger charge is 2.35. The summed E-state index contributed by atoms with van der Waals surface area (Å²) in [6.07, 6.45) is 5.61. The van der Waals surface area contributed by atoms with Crippen LogP contribution < -0.4 is 4.74 Å². The SMILES string of the molecule is COc1ccc(C2=NN(C(=O)CSc3nnc(-c4cccnc4)n3C)C(c3ccco3)C2)cc1. The van der Waals surface area contributed by atoms with E-state index in [0.29, 0.717) is 23.2 Å². The Labute approximate surface area is 200 Å². The number of ether oxygens (including phenoxy) is 1. The number of aromatic nitrogens is 4. The molecule has 0 saturated carbocycles. The molecule has 34 heavy (non-hydrogen) atoms. The molecule has 0 fully saturated rings. The van der Waals surface area contributed by atoms with Gasteiger partial charge < -0.3 is 13.7 Å². The summed E-state index contributed by atoms with van der Waals surface area (Å²) in [5, 5.41) is 15.3. The summed E-state index contributed by atoms with van der Waals surface area (Å²) in [5.41, 5.74) is 2.62. The minimum atomic E-state index is -0.300. The third-order valence-corrected chi connectivity index (χ3v) is 6.55. The number of amides is 1. The molecule has 1 amide bonds. The zero-order chi connectivity index (χ0) is 23.5. The summed E-state index contributed by atoms with van der Waals surface area (Å²) in [6.45, 7) is 0. The van der Waals surface area contributed by atoms with Crippen molar-refractivity contribution in [3.05, 3.63) is 78.5 Å². The number of thioether (sulfide) groups is 1. The number of nitrogens with zero attached hydrogens (tertiary/aromatic N) is 6. The Morgan fingerprint density at radius 1 is 1.15 bits per heavy atom. The fourth-order valence-corrected chi connectivity index (χ4v) is 4.54. The van der Waals surface area contributed by atoms with Crippen molar-refractivity contribution in [2.45, 2.75) is 17.6 Å². The molecule has 4 heterocycles. The summed E-state index contributed by atoms with van der Waals surface area (Å²) in [4.78, 5) is 17.4. The summed E-state index contributed by atoms with van der Waals surface area (Å²) in [5.74, 6) is 2.18. The van der Waals surface area contributed by atoms with Crippen LogP contribution in [0.25, 0.3) is 11.4 Å². The lowest BCUT2D eigenvalue weighted by atomic mass is 10.0. The molecular formula is C24H22N6O3S. The lowest BCUT2D eigenvalue weighted by molar-refractivity contribution is -0.130. The first-order chi connectivity index (χ1) is 16.6. The molecule has 1 atom stereocenters. The van der Waals surface area contributed by atoms with E-state index in [1.807, 2.05) is 60.1 Å². The van der Waals surface area contributed by atoms with Crippen molar-refractivity contribution in [3.8, 4) is 17.1 Å². The summed E-state index contributed by atoms with van der Waals surface area (Å²) in [6, 6.07) is 14.8. The second kappa shape index (κ2) is 9.52. The highest BCUT2D eigenvalue weighted by molar-refractivity contribution is 7.99. The van der Waals surface area contributed by atoms with Crippen LogP contribution in [0.2, 0.25) is 0 Å². The molecule has 1 unspecified atom stereocenters. The number of carbonyl (C=O) groups is 1. The Balaban J connectivity index is 1.34. The number of hydrogen-bond donors (Lipinski definition) is 0. The standard InChI is InChI=1S/C24H22N6O3S/c1-29-23(17-5-3-11-25-14-17)26-27-24(29)34-15-22(31)30-20(21-6-4-12-33-21)13-19(28-30)16-7-9-18(32-2)10-8-16/h3-12,14,20H,13,15H2,1-2H3. The van der Waals surface area contributed by atoms with E-state index in [9.17, 15) is 4.79 Å². The molecule has 1 aromatic carbocycles. The van der Waals surface area contributed by atoms with Crippen LogP contribution in [0.15, 0.2) is 81.9 Å². The summed E-state index contributed by atoms with van der Waals surface area (Å²) < 4.78 is 12.7. The number of benzene rings is 1. The molecule has 1 aliphatic heterocycles. The monoisotopic (exact) mass is 474 g/mol. The minimum Gasteiger partial charge on any atom is -0.497 e. The average Bonchev–Trinajstić information content (AvgIpc) is 3.63. The van der Waals surface area contributed by atoms with Gasteiger partial charge in [-0.1, -0.05) is 11.8 Å². The van der Waals surface area contributed by atoms with Gasteiger partial charge in [-0.25, -0.2) is 5.01 Å². The van der Waals surface area contributed by atoms with Crippen LogP contribution in [-0.4, -0.2) is 49.2 Å². The molecule has 0 spiro atoms. The molecule has 3 aromatic heterocycles. The van der Waals surface area contributed by atoms with Gasteiger partial charge in [-0.2, -0.15) is 5.10 Å². The molecule has 172 valence electrons. The Kier molecular flexibility index (Phi) is 6.13. The highest BCUT2D eigenvalue weighted by atomic mass is 32.2. The van der Waals surface area contributed by atoms with Crippen LogP contribution in [0, 0.1) is 0 Å². The number of hydrazone groups is 1. The van der Waals surface area contributed by atoms with Gasteiger partial charge in [-0.15, -0.1) is 10.2 Å². The van der Waals surface area contributed by atoms with Crippen molar-refractivity contribution >= 4 is 23.4 Å². The zero-order valence-corrected chi connectivity index (χ0v) is 19.5. The van der Waals surface area contributed by atoms with Gasteiger partial charge in [-0.3, -0.25) is 9.78 Å². The molecule has 1 aliphatic rings. The molecule has 5 rings (SSSR count). The van der Waals surface area contributed by atoms with E-state index in [2.05, 4.69) is 20.3 Å². The first kappa shape index (κ1) is 21.9. The van der Waals surface area contributed by atoms with E-state index in [4.69, 9.17) is 9.15 Å². The average molecular weight is 475 g/mol. The van der Waals surface area contributed by atoms with Gasteiger partial charge in [0.25, 0.3) is 5.91 Å². The Morgan fingerprint density at radius 2 is 2.00 bits per heavy atom. The number of pyridine rings is 1. The van der Waals surface area contributed by atoms with Gasteiger partial charge in [0.15, 0.2) is 11.0 Å². The van der Waals surface area contributed by atoms with Gasteiger partial charge >= 0.3 is 0 Å². The van der Waals surface area contributed by atoms with Crippen molar-refractivity contribution < 1.29 is 13.9 Å². The van der Waals surface area contributed by atoms with Crippen molar-refractivity contribution in [1.29, 1.82) is 0 Å². The van der Waals surface area contributed by atoms with Crippen LogP contribution in [0.1, 0.15) is 23.8 Å². The number of rotatable bonds is 7. The maximum absolute atomic E-state index is 13.3. The molecular weight excluding hydrogens is 452 g/mol. The van der Waals surface area contributed by atoms with Crippen LogP contribution in [0.3, 0.4) is 0 Å². The molecule has 9 nitrogen and oxygen atoms in total. The Morgan fingerprint density at radius 3 is 2.71 bits per heavy atom. The summed E-state index contributed by atoms with van der Waals surface area (Å²) in [7, 11) is 3.50. The smallest absolute Gasteiger partial charge is 0.253 e. The van der Waals surface area contributed by atoms with E-state index < -0.39 is 0 Å². The van der Waals surface area contributed by atoms with Crippen LogP contribution in [-0.2, 0) is 11.8 Å². The van der Waals surface area contributed by atoms with E-state index in [-0.39, 0.29) is 17.7 Å². The fourth-order valence-electron chi connectivity index (χ4n) is 3.78.